The van der Waals surface area contributed by atoms with Crippen LogP contribution in [0, 0.1) is 6.92 Å². The maximum absolute atomic E-state index is 4.40. The molecule has 0 saturated carbocycles. The quantitative estimate of drug-likeness (QED) is 0.746. The molecule has 3 rings (SSSR count). The molecule has 0 radical (unpaired) electrons. The Morgan fingerprint density at radius 3 is 2.56 bits per heavy atom. The second kappa shape index (κ2) is 4.14. The van der Waals surface area contributed by atoms with Gasteiger partial charge in [0.25, 0.3) is 0 Å². The molecule has 0 bridgehead atoms. The van der Waals surface area contributed by atoms with E-state index in [4.69, 9.17) is 0 Å². The van der Waals surface area contributed by atoms with Gasteiger partial charge < -0.3 is 0 Å². The highest BCUT2D eigenvalue weighted by atomic mass is 15.3. The van der Waals surface area contributed by atoms with Crippen LogP contribution in [-0.4, -0.2) is 20.0 Å². The molecule has 0 unspecified atom stereocenters. The van der Waals surface area contributed by atoms with Crippen LogP contribution in [-0.2, 0) is 7.05 Å². The van der Waals surface area contributed by atoms with Crippen molar-refractivity contribution in [2.75, 3.05) is 0 Å². The molecule has 4 heteroatoms. The first-order valence-corrected chi connectivity index (χ1v) is 5.84. The van der Waals surface area contributed by atoms with Gasteiger partial charge >= 0.3 is 0 Å². The van der Waals surface area contributed by atoms with Crippen LogP contribution in [0.1, 0.15) is 5.56 Å². The number of aromatic amines is 1. The lowest BCUT2D eigenvalue weighted by Crippen LogP contribution is -1.89. The van der Waals surface area contributed by atoms with E-state index in [1.54, 1.807) is 4.68 Å². The molecule has 0 spiro atoms. The summed E-state index contributed by atoms with van der Waals surface area (Å²) in [5.41, 5.74) is 5.34. The second-order valence-electron chi connectivity index (χ2n) is 4.40. The number of rotatable bonds is 2. The summed E-state index contributed by atoms with van der Waals surface area (Å²) in [6, 6.07) is 10.4. The Labute approximate surface area is 105 Å². The molecule has 2 aromatic heterocycles. The Balaban J connectivity index is 2.09. The number of hydrogen-bond acceptors (Lipinski definition) is 2. The maximum Gasteiger partial charge on any atom is 0.111 e. The number of nitrogens with one attached hydrogen (secondary N) is 1. The number of H-pyrrole nitrogens is 1. The first kappa shape index (κ1) is 10.8. The molecule has 3 aromatic rings. The molecule has 0 saturated heterocycles. The zero-order valence-corrected chi connectivity index (χ0v) is 10.4. The van der Waals surface area contributed by atoms with Crippen molar-refractivity contribution in [1.29, 1.82) is 0 Å². The molecule has 0 fully saturated rings. The summed E-state index contributed by atoms with van der Waals surface area (Å²) in [6.07, 6.45) is 3.77. The van der Waals surface area contributed by atoms with E-state index in [1.165, 1.54) is 5.56 Å². The number of nitrogens with zero attached hydrogens (tertiary/aromatic N) is 3. The van der Waals surface area contributed by atoms with E-state index in [1.807, 2.05) is 25.5 Å². The van der Waals surface area contributed by atoms with Crippen LogP contribution in [0.3, 0.4) is 0 Å². The van der Waals surface area contributed by atoms with Gasteiger partial charge in [-0.3, -0.25) is 9.78 Å². The van der Waals surface area contributed by atoms with Crippen molar-refractivity contribution in [2.45, 2.75) is 6.92 Å². The van der Waals surface area contributed by atoms with Gasteiger partial charge in [-0.25, -0.2) is 0 Å². The van der Waals surface area contributed by atoms with Gasteiger partial charge in [-0.15, -0.1) is 0 Å². The van der Waals surface area contributed by atoms with Gasteiger partial charge in [0.1, 0.15) is 5.69 Å². The summed E-state index contributed by atoms with van der Waals surface area (Å²) in [6.45, 7) is 2.08. The van der Waals surface area contributed by atoms with Gasteiger partial charge in [0.15, 0.2) is 0 Å². The molecule has 0 atom stereocenters. The van der Waals surface area contributed by atoms with Crippen LogP contribution in [0.25, 0.3) is 22.5 Å². The first-order valence-electron chi connectivity index (χ1n) is 5.84. The molecule has 4 nitrogen and oxygen atoms in total. The van der Waals surface area contributed by atoms with Crippen LogP contribution < -0.4 is 0 Å². The van der Waals surface area contributed by atoms with Crippen LogP contribution in [0.15, 0.2) is 42.7 Å². The Hall–Kier alpha value is -2.36. The topological polar surface area (TPSA) is 46.5 Å². The average molecular weight is 238 g/mol. The number of aryl methyl sites for hydroxylation is 2. The highest BCUT2D eigenvalue weighted by molar-refractivity contribution is 5.78. The van der Waals surface area contributed by atoms with Crippen LogP contribution in [0.5, 0.6) is 0 Å². The predicted octanol–water partition coefficient (Wildman–Crippen LogP) is 2.79. The monoisotopic (exact) mass is 238 g/mol. The zero-order chi connectivity index (χ0) is 12.5. The molecule has 0 aliphatic heterocycles. The average Bonchev–Trinajstić information content (AvgIpc) is 2.98. The number of hydrogen-bond donors (Lipinski definition) is 1. The molecular formula is C14H14N4. The molecule has 2 heterocycles. The van der Waals surface area contributed by atoms with Crippen molar-refractivity contribution in [3.8, 4) is 22.5 Å². The van der Waals surface area contributed by atoms with E-state index in [-0.39, 0.29) is 0 Å². The molecule has 0 amide bonds. The summed E-state index contributed by atoms with van der Waals surface area (Å²) in [4.78, 5) is 0. The van der Waals surface area contributed by atoms with Gasteiger partial charge in [0.2, 0.25) is 0 Å². The smallest absolute Gasteiger partial charge is 0.111 e. The third-order valence-electron chi connectivity index (χ3n) is 2.97. The first-order chi connectivity index (χ1) is 8.74. The third-order valence-corrected chi connectivity index (χ3v) is 2.97. The summed E-state index contributed by atoms with van der Waals surface area (Å²) < 4.78 is 1.79. The molecular weight excluding hydrogens is 224 g/mol. The van der Waals surface area contributed by atoms with E-state index in [0.717, 1.165) is 22.5 Å². The molecule has 18 heavy (non-hydrogen) atoms. The Kier molecular flexibility index (Phi) is 2.48. The van der Waals surface area contributed by atoms with Gasteiger partial charge in [0, 0.05) is 18.8 Å². The minimum absolute atomic E-state index is 0.908. The lowest BCUT2D eigenvalue weighted by molar-refractivity contribution is 0.770. The van der Waals surface area contributed by atoms with E-state index in [0.29, 0.717) is 0 Å². The van der Waals surface area contributed by atoms with Crippen molar-refractivity contribution < 1.29 is 0 Å². The number of aromatic nitrogens is 4. The van der Waals surface area contributed by atoms with E-state index in [2.05, 4.69) is 46.5 Å². The van der Waals surface area contributed by atoms with E-state index >= 15 is 0 Å². The predicted molar refractivity (Wildman–Crippen MR) is 71.0 cm³/mol. The Morgan fingerprint density at radius 1 is 1.11 bits per heavy atom. The lowest BCUT2D eigenvalue weighted by atomic mass is 10.0. The van der Waals surface area contributed by atoms with Gasteiger partial charge in [-0.2, -0.15) is 10.2 Å². The fourth-order valence-electron chi connectivity index (χ4n) is 1.98. The van der Waals surface area contributed by atoms with Crippen molar-refractivity contribution in [3.05, 3.63) is 48.3 Å². The molecule has 0 aliphatic carbocycles. The summed E-state index contributed by atoms with van der Waals surface area (Å²) in [5, 5.41) is 11.6. The van der Waals surface area contributed by atoms with Gasteiger partial charge in [-0.05, 0) is 18.6 Å². The SMILES string of the molecule is Cc1ccc(-c2cn[nH]c2-c2ccn(C)n2)cc1. The lowest BCUT2D eigenvalue weighted by Gasteiger charge is -2.01. The fourth-order valence-corrected chi connectivity index (χ4v) is 1.98. The highest BCUT2D eigenvalue weighted by Crippen LogP contribution is 2.28. The van der Waals surface area contributed by atoms with Crippen LogP contribution >= 0.6 is 0 Å². The van der Waals surface area contributed by atoms with Crippen LogP contribution in [0.4, 0.5) is 0 Å². The minimum Gasteiger partial charge on any atom is -0.276 e. The normalized spacial score (nSPS) is 10.8. The van der Waals surface area contributed by atoms with E-state index in [9.17, 15) is 0 Å². The second-order valence-corrected chi connectivity index (χ2v) is 4.40. The van der Waals surface area contributed by atoms with Crippen molar-refractivity contribution in [1.82, 2.24) is 20.0 Å². The maximum atomic E-state index is 4.40. The molecule has 1 N–H and O–H groups in total. The number of benzene rings is 1. The van der Waals surface area contributed by atoms with Gasteiger partial charge in [0.05, 0.1) is 11.9 Å². The van der Waals surface area contributed by atoms with Crippen LogP contribution in [0.2, 0.25) is 0 Å². The van der Waals surface area contributed by atoms with Crippen molar-refractivity contribution >= 4 is 0 Å². The zero-order valence-electron chi connectivity index (χ0n) is 10.4. The third kappa shape index (κ3) is 1.82. The summed E-state index contributed by atoms with van der Waals surface area (Å²) in [5.74, 6) is 0. The fraction of sp³-hybridized carbons (Fsp3) is 0.143. The Bertz CT molecular complexity index is 661. The summed E-state index contributed by atoms with van der Waals surface area (Å²) in [7, 11) is 1.91. The molecule has 90 valence electrons. The molecule has 0 aliphatic rings. The largest absolute Gasteiger partial charge is 0.276 e. The highest BCUT2D eigenvalue weighted by Gasteiger charge is 2.11. The van der Waals surface area contributed by atoms with Crippen molar-refractivity contribution in [2.24, 2.45) is 7.05 Å². The molecule has 1 aromatic carbocycles. The minimum atomic E-state index is 0.908. The van der Waals surface area contributed by atoms with E-state index < -0.39 is 0 Å². The Morgan fingerprint density at radius 2 is 1.89 bits per heavy atom. The standard InChI is InChI=1S/C14H14N4/c1-10-3-5-11(6-4-10)12-9-15-16-14(12)13-7-8-18(2)17-13/h3-9H,1-2H3,(H,15,16). The van der Waals surface area contributed by atoms with Crippen molar-refractivity contribution in [3.63, 3.8) is 0 Å². The summed E-state index contributed by atoms with van der Waals surface area (Å²) >= 11 is 0. The van der Waals surface area contributed by atoms with Gasteiger partial charge in [-0.1, -0.05) is 29.8 Å².